The van der Waals surface area contributed by atoms with E-state index in [2.05, 4.69) is 20.3 Å². The van der Waals surface area contributed by atoms with Gasteiger partial charge in [0.15, 0.2) is 11.2 Å². The van der Waals surface area contributed by atoms with Crippen LogP contribution in [0.5, 0.6) is 0 Å². The maximum atomic E-state index is 12.2. The van der Waals surface area contributed by atoms with E-state index >= 15 is 0 Å². The van der Waals surface area contributed by atoms with Crippen LogP contribution < -0.4 is 16.6 Å². The number of nitrogens with zero attached hydrogens (tertiary/aromatic N) is 3. The van der Waals surface area contributed by atoms with Gasteiger partial charge in [0.25, 0.3) is 5.56 Å². The van der Waals surface area contributed by atoms with Crippen molar-refractivity contribution in [2.24, 2.45) is 0 Å². The maximum absolute atomic E-state index is 12.2. The molecular weight excluding hydrogens is 376 g/mol. The van der Waals surface area contributed by atoms with Gasteiger partial charge in [-0.25, -0.2) is 4.98 Å². The highest BCUT2D eigenvalue weighted by Gasteiger charge is 2.37. The Hall–Kier alpha value is -2.66. The summed E-state index contributed by atoms with van der Waals surface area (Å²) < 4.78 is 7.27. The molecule has 142 valence electrons. The number of hydrogen-bond acceptors (Lipinski definition) is 8. The second-order valence-electron chi connectivity index (χ2n) is 6.18. The Bertz CT molecular complexity index is 1030. The second kappa shape index (κ2) is 6.82. The van der Waals surface area contributed by atoms with Crippen LogP contribution in [0.2, 0.25) is 5.02 Å². The Morgan fingerprint density at radius 3 is 2.78 bits per heavy atom. The van der Waals surface area contributed by atoms with Crippen LogP contribution in [-0.2, 0) is 4.74 Å². The number of ether oxygens (including phenoxy) is 1. The van der Waals surface area contributed by atoms with Crippen molar-refractivity contribution in [2.75, 3.05) is 17.7 Å². The molecule has 27 heavy (non-hydrogen) atoms. The smallest absolute Gasteiger partial charge is 0.280 e. The van der Waals surface area contributed by atoms with E-state index in [4.69, 9.17) is 22.1 Å². The van der Waals surface area contributed by atoms with Crippen LogP contribution in [0.3, 0.4) is 0 Å². The molecule has 4 rings (SSSR count). The molecule has 3 aromatic rings. The lowest BCUT2D eigenvalue weighted by Gasteiger charge is -2.17. The fourth-order valence-electron chi connectivity index (χ4n) is 3.06. The summed E-state index contributed by atoms with van der Waals surface area (Å²) in [6.07, 6.45) is -2.10. The fraction of sp³-hybridized carbons (Fsp3) is 0.312. The number of fused-ring (bicyclic) bond motifs is 1. The summed E-state index contributed by atoms with van der Waals surface area (Å²) in [5.74, 6) is 0.218. The van der Waals surface area contributed by atoms with E-state index in [1.165, 1.54) is 0 Å². The molecule has 0 aliphatic carbocycles. The molecule has 1 aliphatic heterocycles. The van der Waals surface area contributed by atoms with Crippen molar-refractivity contribution in [1.82, 2.24) is 19.5 Å². The van der Waals surface area contributed by atoms with Crippen molar-refractivity contribution >= 4 is 40.3 Å². The van der Waals surface area contributed by atoms with Crippen LogP contribution >= 0.6 is 11.6 Å². The molecule has 0 unspecified atom stereocenters. The molecule has 0 spiro atoms. The van der Waals surface area contributed by atoms with E-state index in [0.717, 1.165) is 0 Å². The van der Waals surface area contributed by atoms with Gasteiger partial charge in [0.1, 0.15) is 12.3 Å². The molecule has 11 heteroatoms. The number of aliphatic hydroxyl groups excluding tert-OH is 2. The number of aromatic nitrogens is 4. The fourth-order valence-corrected chi connectivity index (χ4v) is 3.19. The minimum Gasteiger partial charge on any atom is -0.394 e. The third-order valence-corrected chi connectivity index (χ3v) is 4.59. The van der Waals surface area contributed by atoms with Crippen LogP contribution in [0, 0.1) is 0 Å². The van der Waals surface area contributed by atoms with Crippen molar-refractivity contribution < 1.29 is 14.9 Å². The average molecular weight is 393 g/mol. The van der Waals surface area contributed by atoms with Gasteiger partial charge in [-0.3, -0.25) is 14.3 Å². The molecule has 0 saturated carbocycles. The van der Waals surface area contributed by atoms with Gasteiger partial charge < -0.3 is 26.0 Å². The second-order valence-corrected chi connectivity index (χ2v) is 6.61. The molecule has 0 radical (unpaired) electrons. The lowest BCUT2D eigenvalue weighted by molar-refractivity contribution is -0.0425. The zero-order valence-electron chi connectivity index (χ0n) is 14.0. The highest BCUT2D eigenvalue weighted by molar-refractivity contribution is 6.30. The molecule has 1 saturated heterocycles. The summed E-state index contributed by atoms with van der Waals surface area (Å²) >= 11 is 5.91. The lowest BCUT2D eigenvalue weighted by atomic mass is 10.2. The number of H-pyrrole nitrogens is 1. The predicted molar refractivity (Wildman–Crippen MR) is 98.9 cm³/mol. The van der Waals surface area contributed by atoms with E-state index in [1.54, 1.807) is 28.8 Å². The number of imidazole rings is 1. The van der Waals surface area contributed by atoms with E-state index in [0.29, 0.717) is 10.7 Å². The first-order chi connectivity index (χ1) is 13.0. The molecule has 1 aliphatic rings. The number of halogens is 1. The third kappa shape index (κ3) is 3.23. The quantitative estimate of drug-likeness (QED) is 0.436. The van der Waals surface area contributed by atoms with Crippen LogP contribution in [0.1, 0.15) is 12.6 Å². The van der Waals surface area contributed by atoms with Crippen molar-refractivity contribution in [1.29, 1.82) is 0 Å². The summed E-state index contributed by atoms with van der Waals surface area (Å²) in [5.41, 5.74) is 6.15. The van der Waals surface area contributed by atoms with Gasteiger partial charge >= 0.3 is 0 Å². The number of nitrogens with one attached hydrogen (secondary N) is 2. The van der Waals surface area contributed by atoms with Crippen molar-refractivity contribution in [2.45, 2.75) is 24.9 Å². The van der Waals surface area contributed by atoms with Crippen molar-refractivity contribution in [3.05, 3.63) is 39.6 Å². The number of benzene rings is 1. The number of nitrogens with two attached hydrogens (primary N) is 1. The van der Waals surface area contributed by atoms with E-state index in [1.807, 2.05) is 0 Å². The normalized spacial score (nSPS) is 22.4. The Balaban J connectivity index is 1.83. The van der Waals surface area contributed by atoms with Crippen molar-refractivity contribution in [3.63, 3.8) is 0 Å². The predicted octanol–water partition coefficient (Wildman–Crippen LogP) is 0.739. The summed E-state index contributed by atoms with van der Waals surface area (Å²) in [5, 5.41) is 23.1. The molecular formula is C16H17ClN6O4. The summed E-state index contributed by atoms with van der Waals surface area (Å²) in [7, 11) is 0. The van der Waals surface area contributed by atoms with Gasteiger partial charge in [0, 0.05) is 17.1 Å². The molecule has 0 bridgehead atoms. The Labute approximate surface area is 157 Å². The lowest BCUT2D eigenvalue weighted by Crippen LogP contribution is -2.24. The molecule has 6 N–H and O–H groups in total. The number of aliphatic hydroxyl groups is 2. The van der Waals surface area contributed by atoms with Crippen molar-refractivity contribution in [3.8, 4) is 0 Å². The average Bonchev–Trinajstić information content (AvgIpc) is 3.17. The van der Waals surface area contributed by atoms with Gasteiger partial charge in [0.2, 0.25) is 11.9 Å². The number of aromatic amines is 1. The van der Waals surface area contributed by atoms with Crippen LogP contribution in [0.15, 0.2) is 29.1 Å². The number of hydrogen-bond donors (Lipinski definition) is 5. The zero-order valence-corrected chi connectivity index (χ0v) is 14.7. The third-order valence-electron chi connectivity index (χ3n) is 4.34. The van der Waals surface area contributed by atoms with E-state index in [9.17, 15) is 15.0 Å². The first-order valence-corrected chi connectivity index (χ1v) is 8.58. The number of nitrogen functional groups attached to an aromatic ring is 1. The summed E-state index contributed by atoms with van der Waals surface area (Å²) in [4.78, 5) is 23.1. The Morgan fingerprint density at radius 2 is 2.11 bits per heavy atom. The Kier molecular flexibility index (Phi) is 4.48. The molecule has 1 fully saturated rings. The van der Waals surface area contributed by atoms with E-state index in [-0.39, 0.29) is 36.1 Å². The molecule has 3 heterocycles. The van der Waals surface area contributed by atoms with Gasteiger partial charge in [-0.2, -0.15) is 4.98 Å². The zero-order chi connectivity index (χ0) is 19.1. The SMILES string of the molecule is Nc1nc2c(nc(Nc3ccc(Cl)cc3)n2[C@H]2C[C@H](O)[C@@H](CO)O2)c(=O)[nH]1. The minimum atomic E-state index is -0.861. The molecule has 10 nitrogen and oxygen atoms in total. The largest absolute Gasteiger partial charge is 0.394 e. The minimum absolute atomic E-state index is 0.0658. The van der Waals surface area contributed by atoms with E-state index < -0.39 is 24.0 Å². The molecule has 1 aromatic carbocycles. The first-order valence-electron chi connectivity index (χ1n) is 8.21. The standard InChI is InChI=1S/C16H17ClN6O4/c17-7-1-3-8(4-2-7)19-16-20-12-13(21-15(18)22-14(12)26)23(16)11-5-9(25)10(6-24)27-11/h1-4,9-11,24-25H,5-6H2,(H,19,20)(H3,18,21,22,26)/t9-,10+,11+/m0/s1. The maximum Gasteiger partial charge on any atom is 0.280 e. The van der Waals surface area contributed by atoms with Crippen LogP contribution in [0.4, 0.5) is 17.6 Å². The highest BCUT2D eigenvalue weighted by atomic mass is 35.5. The molecule has 2 aromatic heterocycles. The van der Waals surface area contributed by atoms with Gasteiger partial charge in [-0.05, 0) is 24.3 Å². The van der Waals surface area contributed by atoms with Gasteiger partial charge in [-0.15, -0.1) is 0 Å². The summed E-state index contributed by atoms with van der Waals surface area (Å²) in [6.45, 7) is -0.333. The first kappa shape index (κ1) is 17.7. The Morgan fingerprint density at radius 1 is 1.37 bits per heavy atom. The number of anilines is 3. The van der Waals surface area contributed by atoms with Gasteiger partial charge in [0.05, 0.1) is 12.7 Å². The van der Waals surface area contributed by atoms with Gasteiger partial charge in [-0.1, -0.05) is 11.6 Å². The summed E-state index contributed by atoms with van der Waals surface area (Å²) in [6, 6.07) is 6.91. The monoisotopic (exact) mass is 392 g/mol. The number of rotatable bonds is 4. The van der Waals surface area contributed by atoms with Crippen LogP contribution in [0.25, 0.3) is 11.2 Å². The molecule has 0 amide bonds. The van der Waals surface area contributed by atoms with Crippen LogP contribution in [-0.4, -0.2) is 48.5 Å². The topological polar surface area (TPSA) is 151 Å². The molecule has 3 atom stereocenters. The highest BCUT2D eigenvalue weighted by Crippen LogP contribution is 2.34.